The Morgan fingerprint density at radius 2 is 1.71 bits per heavy atom. The minimum absolute atomic E-state index is 0.185. The number of aliphatic hydroxyl groups is 1. The van der Waals surface area contributed by atoms with Crippen molar-refractivity contribution in [1.82, 2.24) is 0 Å². The molecule has 1 rings (SSSR count). The first-order valence-corrected chi connectivity index (χ1v) is 5.96. The molecule has 0 heterocycles. The molecule has 0 aromatic heterocycles. The predicted octanol–water partition coefficient (Wildman–Crippen LogP) is 1.09. The molecular weight excluding hydrogens is 224 g/mol. The summed E-state index contributed by atoms with van der Waals surface area (Å²) in [6.45, 7) is 1.91. The lowest BCUT2D eigenvalue weighted by Crippen LogP contribution is -2.47. The molecule has 1 aliphatic carbocycles. The summed E-state index contributed by atoms with van der Waals surface area (Å²) in [5, 5.41) is 9.47. The summed E-state index contributed by atoms with van der Waals surface area (Å²) >= 11 is 0. The van der Waals surface area contributed by atoms with Crippen molar-refractivity contribution in [3.63, 3.8) is 0 Å². The Hall–Kier alpha value is -0.650. The van der Waals surface area contributed by atoms with E-state index in [4.69, 9.17) is 14.2 Å². The zero-order valence-electron chi connectivity index (χ0n) is 10.8. The average Bonchev–Trinajstić information content (AvgIpc) is 2.39. The first kappa shape index (κ1) is 14.4. The van der Waals surface area contributed by atoms with Gasteiger partial charge in [-0.3, -0.25) is 4.79 Å². The van der Waals surface area contributed by atoms with Crippen LogP contribution in [-0.4, -0.2) is 44.3 Å². The molecule has 0 aromatic carbocycles. The van der Waals surface area contributed by atoms with Crippen LogP contribution in [-0.2, 0) is 19.0 Å². The van der Waals surface area contributed by atoms with Gasteiger partial charge >= 0.3 is 5.97 Å². The van der Waals surface area contributed by atoms with Gasteiger partial charge in [0.2, 0.25) is 0 Å². The van der Waals surface area contributed by atoms with Gasteiger partial charge in [-0.15, -0.1) is 0 Å². The van der Waals surface area contributed by atoms with Gasteiger partial charge in [0.1, 0.15) is 0 Å². The second kappa shape index (κ2) is 5.80. The molecule has 0 unspecified atom stereocenters. The number of rotatable bonds is 5. The van der Waals surface area contributed by atoms with E-state index in [1.807, 2.05) is 0 Å². The topological polar surface area (TPSA) is 65.0 Å². The van der Waals surface area contributed by atoms with E-state index in [0.29, 0.717) is 32.3 Å². The molecule has 0 amide bonds. The van der Waals surface area contributed by atoms with Crippen LogP contribution in [0.4, 0.5) is 0 Å². The summed E-state index contributed by atoms with van der Waals surface area (Å²) in [6, 6.07) is 0. The van der Waals surface area contributed by atoms with Gasteiger partial charge in [-0.2, -0.15) is 0 Å². The van der Waals surface area contributed by atoms with Crippen LogP contribution in [0.25, 0.3) is 0 Å². The van der Waals surface area contributed by atoms with Crippen LogP contribution in [0, 0.1) is 5.41 Å². The van der Waals surface area contributed by atoms with Crippen LogP contribution in [0.15, 0.2) is 0 Å². The smallest absolute Gasteiger partial charge is 0.314 e. The van der Waals surface area contributed by atoms with Crippen molar-refractivity contribution in [2.45, 2.75) is 38.4 Å². The van der Waals surface area contributed by atoms with Crippen LogP contribution in [0.3, 0.4) is 0 Å². The summed E-state index contributed by atoms with van der Waals surface area (Å²) in [5.74, 6) is -0.936. The largest absolute Gasteiger partial charge is 0.465 e. The molecule has 0 aromatic rings. The van der Waals surface area contributed by atoms with E-state index in [9.17, 15) is 9.90 Å². The summed E-state index contributed by atoms with van der Waals surface area (Å²) in [6.07, 6.45) is 2.20. The number of methoxy groups -OCH3 is 2. The lowest BCUT2D eigenvalue weighted by atomic mass is 9.72. The van der Waals surface area contributed by atoms with Crippen molar-refractivity contribution in [2.24, 2.45) is 5.41 Å². The number of carbonyl (C=O) groups excluding carboxylic acids is 1. The molecule has 1 saturated carbocycles. The normalized spacial score (nSPS) is 22.1. The van der Waals surface area contributed by atoms with Crippen molar-refractivity contribution < 1.29 is 24.1 Å². The highest BCUT2D eigenvalue weighted by Gasteiger charge is 2.48. The monoisotopic (exact) mass is 246 g/mol. The minimum atomic E-state index is -0.781. The van der Waals surface area contributed by atoms with E-state index in [-0.39, 0.29) is 12.6 Å². The van der Waals surface area contributed by atoms with E-state index >= 15 is 0 Å². The maximum atomic E-state index is 11.9. The molecular formula is C12H22O5. The third-order valence-corrected chi connectivity index (χ3v) is 3.72. The van der Waals surface area contributed by atoms with Gasteiger partial charge in [-0.25, -0.2) is 0 Å². The molecule has 0 atom stereocenters. The minimum Gasteiger partial charge on any atom is -0.465 e. The standard InChI is InChI=1S/C12H22O5/c1-4-17-10(14)11(9-13)5-7-12(15-2,16-3)8-6-11/h13H,4-9H2,1-3H3. The lowest BCUT2D eigenvalue weighted by molar-refractivity contribution is -0.238. The van der Waals surface area contributed by atoms with E-state index in [1.165, 1.54) is 0 Å². The third kappa shape index (κ3) is 2.78. The Balaban J connectivity index is 2.72. The molecule has 1 N–H and O–H groups in total. The molecule has 5 nitrogen and oxygen atoms in total. The Morgan fingerprint density at radius 1 is 1.18 bits per heavy atom. The second-order valence-corrected chi connectivity index (χ2v) is 4.48. The van der Waals surface area contributed by atoms with E-state index in [0.717, 1.165) is 0 Å². The van der Waals surface area contributed by atoms with E-state index < -0.39 is 11.2 Å². The highest BCUT2D eigenvalue weighted by molar-refractivity contribution is 5.77. The molecule has 1 fully saturated rings. The Morgan fingerprint density at radius 3 is 2.06 bits per heavy atom. The molecule has 100 valence electrons. The Bertz CT molecular complexity index is 250. The van der Waals surface area contributed by atoms with Gasteiger partial charge in [0.15, 0.2) is 5.79 Å². The van der Waals surface area contributed by atoms with Crippen LogP contribution >= 0.6 is 0 Å². The molecule has 1 aliphatic rings. The number of ether oxygens (including phenoxy) is 3. The van der Waals surface area contributed by atoms with E-state index in [1.54, 1.807) is 21.1 Å². The zero-order chi connectivity index (χ0) is 12.9. The van der Waals surface area contributed by atoms with Gasteiger partial charge in [0.05, 0.1) is 18.6 Å². The third-order valence-electron chi connectivity index (χ3n) is 3.72. The summed E-state index contributed by atoms with van der Waals surface area (Å²) in [4.78, 5) is 11.9. The summed E-state index contributed by atoms with van der Waals surface area (Å²) in [7, 11) is 3.19. The highest BCUT2D eigenvalue weighted by Crippen LogP contribution is 2.43. The van der Waals surface area contributed by atoms with Crippen LogP contribution in [0.5, 0.6) is 0 Å². The van der Waals surface area contributed by atoms with Gasteiger partial charge in [-0.05, 0) is 19.8 Å². The SMILES string of the molecule is CCOC(=O)C1(CO)CCC(OC)(OC)CC1. The van der Waals surface area contributed by atoms with Crippen LogP contribution < -0.4 is 0 Å². The van der Waals surface area contributed by atoms with Gasteiger partial charge in [-0.1, -0.05) is 0 Å². The number of hydrogen-bond donors (Lipinski definition) is 1. The zero-order valence-corrected chi connectivity index (χ0v) is 10.8. The fourth-order valence-electron chi connectivity index (χ4n) is 2.31. The van der Waals surface area contributed by atoms with E-state index in [2.05, 4.69) is 0 Å². The fraction of sp³-hybridized carbons (Fsp3) is 0.917. The molecule has 0 radical (unpaired) electrons. The van der Waals surface area contributed by atoms with Crippen molar-refractivity contribution in [1.29, 1.82) is 0 Å². The van der Waals surface area contributed by atoms with Crippen molar-refractivity contribution in [3.05, 3.63) is 0 Å². The van der Waals surface area contributed by atoms with Crippen LogP contribution in [0.1, 0.15) is 32.6 Å². The molecule has 0 spiro atoms. The quantitative estimate of drug-likeness (QED) is 0.581. The first-order chi connectivity index (χ1) is 8.08. The number of carbonyl (C=O) groups is 1. The van der Waals surface area contributed by atoms with Gasteiger partial charge in [0, 0.05) is 27.1 Å². The van der Waals surface area contributed by atoms with Gasteiger partial charge in [0.25, 0.3) is 0 Å². The lowest BCUT2D eigenvalue weighted by Gasteiger charge is -2.42. The Labute approximate surface area is 102 Å². The molecule has 17 heavy (non-hydrogen) atoms. The number of hydrogen-bond acceptors (Lipinski definition) is 5. The maximum absolute atomic E-state index is 11.9. The fourth-order valence-corrected chi connectivity index (χ4v) is 2.31. The Kier molecular flexibility index (Phi) is 4.91. The number of aliphatic hydroxyl groups excluding tert-OH is 1. The summed E-state index contributed by atoms with van der Waals surface area (Å²) < 4.78 is 15.7. The maximum Gasteiger partial charge on any atom is 0.314 e. The molecule has 0 bridgehead atoms. The van der Waals surface area contributed by atoms with Crippen molar-refractivity contribution in [2.75, 3.05) is 27.4 Å². The predicted molar refractivity (Wildman–Crippen MR) is 61.4 cm³/mol. The summed E-state index contributed by atoms with van der Waals surface area (Å²) in [5.41, 5.74) is -0.781. The highest BCUT2D eigenvalue weighted by atomic mass is 16.7. The van der Waals surface area contributed by atoms with Gasteiger partial charge < -0.3 is 19.3 Å². The number of esters is 1. The first-order valence-electron chi connectivity index (χ1n) is 5.96. The average molecular weight is 246 g/mol. The molecule has 0 saturated heterocycles. The van der Waals surface area contributed by atoms with Crippen molar-refractivity contribution >= 4 is 5.97 Å². The van der Waals surface area contributed by atoms with Crippen molar-refractivity contribution in [3.8, 4) is 0 Å². The molecule has 5 heteroatoms. The molecule has 0 aliphatic heterocycles. The second-order valence-electron chi connectivity index (χ2n) is 4.48. The van der Waals surface area contributed by atoms with Crippen LogP contribution in [0.2, 0.25) is 0 Å².